The minimum absolute atomic E-state index is 0.00951. The van der Waals surface area contributed by atoms with E-state index in [1.54, 1.807) is 13.8 Å². The molecule has 2 unspecified atom stereocenters. The maximum atomic E-state index is 14.2. The number of benzene rings is 1. The summed E-state index contributed by atoms with van der Waals surface area (Å²) in [7, 11) is 1.48. The number of aliphatic imine (C=N–C) groups is 1. The summed E-state index contributed by atoms with van der Waals surface area (Å²) in [5.74, 6) is -4.49. The lowest BCUT2D eigenvalue weighted by Gasteiger charge is -2.31. The maximum Gasteiger partial charge on any atom is 0.336 e. The van der Waals surface area contributed by atoms with Crippen molar-refractivity contribution in [1.29, 1.82) is 0 Å². The number of carbonyl (C=O) groups excluding carboxylic acids is 2. The van der Waals surface area contributed by atoms with Crippen LogP contribution in [-0.4, -0.2) is 44.6 Å². The highest BCUT2D eigenvalue weighted by Gasteiger charge is 2.42. The van der Waals surface area contributed by atoms with Crippen molar-refractivity contribution in [3.63, 3.8) is 0 Å². The fourth-order valence-electron chi connectivity index (χ4n) is 5.08. The Bertz CT molecular complexity index is 968. The first-order valence-electron chi connectivity index (χ1n) is 12.4. The van der Waals surface area contributed by atoms with Crippen LogP contribution in [0.25, 0.3) is 0 Å². The first-order valence-corrected chi connectivity index (χ1v) is 12.4. The molecule has 192 valence electrons. The Balaban J connectivity index is 1.81. The average molecular weight is 492 g/mol. The van der Waals surface area contributed by atoms with Crippen LogP contribution in [0.1, 0.15) is 70.3 Å². The third kappa shape index (κ3) is 6.97. The van der Waals surface area contributed by atoms with Crippen LogP contribution in [0, 0.1) is 23.5 Å². The van der Waals surface area contributed by atoms with E-state index in [0.717, 1.165) is 25.0 Å². The van der Waals surface area contributed by atoms with Crippen molar-refractivity contribution >= 4 is 17.7 Å². The predicted molar refractivity (Wildman–Crippen MR) is 128 cm³/mol. The van der Waals surface area contributed by atoms with Gasteiger partial charge in [-0.3, -0.25) is 9.79 Å². The van der Waals surface area contributed by atoms with Crippen molar-refractivity contribution in [2.45, 2.75) is 64.7 Å². The first kappa shape index (κ1) is 27.0. The van der Waals surface area contributed by atoms with E-state index in [9.17, 15) is 18.4 Å². The third-order valence-electron chi connectivity index (χ3n) is 6.85. The maximum absolute atomic E-state index is 14.2. The quantitative estimate of drug-likeness (QED) is 0.319. The minimum atomic E-state index is -1.06. The number of allylic oxidation sites excluding steroid dienone is 1. The van der Waals surface area contributed by atoms with Gasteiger partial charge in [0, 0.05) is 24.4 Å². The number of hydrogen-bond acceptors (Lipinski definition) is 6. The van der Waals surface area contributed by atoms with E-state index in [2.05, 4.69) is 4.99 Å². The lowest BCUT2D eigenvalue weighted by Crippen LogP contribution is -2.37. The summed E-state index contributed by atoms with van der Waals surface area (Å²) in [5, 5.41) is 0. The fourth-order valence-corrected chi connectivity index (χ4v) is 5.08. The molecule has 1 aromatic rings. The molecule has 0 saturated heterocycles. The molecule has 1 fully saturated rings. The van der Waals surface area contributed by atoms with E-state index in [-0.39, 0.29) is 31.0 Å². The Labute approximate surface area is 205 Å². The van der Waals surface area contributed by atoms with Crippen LogP contribution in [0.2, 0.25) is 0 Å². The highest BCUT2D eigenvalue weighted by Crippen LogP contribution is 2.40. The zero-order chi connectivity index (χ0) is 25.4. The molecule has 35 heavy (non-hydrogen) atoms. The van der Waals surface area contributed by atoms with Crippen LogP contribution in [0.15, 0.2) is 34.5 Å². The summed E-state index contributed by atoms with van der Waals surface area (Å²) < 4.78 is 43.8. The zero-order valence-corrected chi connectivity index (χ0v) is 20.8. The van der Waals surface area contributed by atoms with Crippen LogP contribution < -0.4 is 0 Å². The number of nitrogens with zero attached hydrogens (tertiary/aromatic N) is 1. The van der Waals surface area contributed by atoms with Gasteiger partial charge in [-0.2, -0.15) is 0 Å². The summed E-state index contributed by atoms with van der Waals surface area (Å²) in [6, 6.07) is 3.37. The molecule has 1 aliphatic heterocycles. The number of ether oxygens (including phenoxy) is 3. The molecule has 0 N–H and O–H groups in total. The average Bonchev–Trinajstić information content (AvgIpc) is 2.83. The first-order chi connectivity index (χ1) is 16.8. The SMILES string of the molecule is COCCOC(=O)C1=C(C)N=C(C)C(C(=O)OCCCC2CCCCC2)C1c1ccc(F)c(F)c1. The molecular formula is C27H35F2NO5. The van der Waals surface area contributed by atoms with Gasteiger partial charge >= 0.3 is 11.9 Å². The summed E-state index contributed by atoms with van der Waals surface area (Å²) in [4.78, 5) is 30.7. The molecule has 1 aromatic carbocycles. The van der Waals surface area contributed by atoms with E-state index < -0.39 is 35.4 Å². The summed E-state index contributed by atoms with van der Waals surface area (Å²) in [6.45, 7) is 3.78. The van der Waals surface area contributed by atoms with Crippen LogP contribution in [-0.2, 0) is 23.8 Å². The largest absolute Gasteiger partial charge is 0.465 e. The second-order valence-electron chi connectivity index (χ2n) is 9.32. The number of hydrogen-bond donors (Lipinski definition) is 0. The molecule has 1 heterocycles. The molecule has 0 amide bonds. The van der Waals surface area contributed by atoms with Gasteiger partial charge in [-0.05, 0) is 50.3 Å². The van der Waals surface area contributed by atoms with E-state index >= 15 is 0 Å². The van der Waals surface area contributed by atoms with Crippen molar-refractivity contribution in [2.75, 3.05) is 26.9 Å². The second-order valence-corrected chi connectivity index (χ2v) is 9.32. The van der Waals surface area contributed by atoms with Gasteiger partial charge in [-0.25, -0.2) is 13.6 Å². The third-order valence-corrected chi connectivity index (χ3v) is 6.85. The number of methoxy groups -OCH3 is 1. The number of carbonyl (C=O) groups is 2. The predicted octanol–water partition coefficient (Wildman–Crippen LogP) is 5.51. The van der Waals surface area contributed by atoms with Gasteiger partial charge in [0.05, 0.1) is 18.8 Å². The van der Waals surface area contributed by atoms with Gasteiger partial charge in [0.25, 0.3) is 0 Å². The van der Waals surface area contributed by atoms with Gasteiger partial charge in [0.15, 0.2) is 11.6 Å². The topological polar surface area (TPSA) is 74.2 Å². The van der Waals surface area contributed by atoms with Gasteiger partial charge < -0.3 is 14.2 Å². The molecule has 1 saturated carbocycles. The monoisotopic (exact) mass is 491 g/mol. The molecule has 6 nitrogen and oxygen atoms in total. The fraction of sp³-hybridized carbons (Fsp3) is 0.593. The molecule has 1 aliphatic carbocycles. The smallest absolute Gasteiger partial charge is 0.336 e. The van der Waals surface area contributed by atoms with Crippen molar-refractivity contribution in [3.8, 4) is 0 Å². The van der Waals surface area contributed by atoms with Crippen LogP contribution >= 0.6 is 0 Å². The molecule has 2 atom stereocenters. The molecule has 0 aromatic heterocycles. The van der Waals surface area contributed by atoms with Crippen LogP contribution in [0.5, 0.6) is 0 Å². The molecule has 8 heteroatoms. The van der Waals surface area contributed by atoms with Gasteiger partial charge in [0.1, 0.15) is 12.5 Å². The molecule has 0 radical (unpaired) electrons. The van der Waals surface area contributed by atoms with Crippen LogP contribution in [0.4, 0.5) is 8.78 Å². The Morgan fingerprint density at radius 3 is 2.43 bits per heavy atom. The molecular weight excluding hydrogens is 456 g/mol. The number of rotatable bonds is 10. The van der Waals surface area contributed by atoms with Crippen molar-refractivity contribution < 1.29 is 32.6 Å². The zero-order valence-electron chi connectivity index (χ0n) is 20.8. The normalized spacial score (nSPS) is 21.0. The molecule has 3 rings (SSSR count). The van der Waals surface area contributed by atoms with E-state index in [0.29, 0.717) is 17.3 Å². The van der Waals surface area contributed by atoms with Gasteiger partial charge in [-0.15, -0.1) is 0 Å². The van der Waals surface area contributed by atoms with Gasteiger partial charge in [0.2, 0.25) is 0 Å². The highest BCUT2D eigenvalue weighted by molar-refractivity contribution is 6.07. The molecule has 0 bridgehead atoms. The second kappa shape index (κ2) is 12.9. The molecule has 0 spiro atoms. The van der Waals surface area contributed by atoms with Crippen molar-refractivity contribution in [1.82, 2.24) is 0 Å². The summed E-state index contributed by atoms with van der Waals surface area (Å²) in [6.07, 6.45) is 8.02. The summed E-state index contributed by atoms with van der Waals surface area (Å²) >= 11 is 0. The Morgan fingerprint density at radius 2 is 1.74 bits per heavy atom. The highest BCUT2D eigenvalue weighted by atomic mass is 19.2. The minimum Gasteiger partial charge on any atom is -0.465 e. The Kier molecular flexibility index (Phi) is 9.95. The summed E-state index contributed by atoms with van der Waals surface area (Å²) in [5.41, 5.74) is 1.21. The number of esters is 2. The van der Waals surface area contributed by atoms with E-state index in [1.165, 1.54) is 45.3 Å². The van der Waals surface area contributed by atoms with E-state index in [4.69, 9.17) is 14.2 Å². The Morgan fingerprint density at radius 1 is 1.00 bits per heavy atom. The van der Waals surface area contributed by atoms with Gasteiger partial charge in [-0.1, -0.05) is 38.2 Å². The van der Waals surface area contributed by atoms with Crippen LogP contribution in [0.3, 0.4) is 0 Å². The standard InChI is InChI=1S/C27H35F2NO5/c1-17-23(26(31)34-13-7-10-19-8-5-4-6-9-19)25(20-11-12-21(28)22(29)16-20)24(18(2)30-17)27(32)35-15-14-33-3/h11-12,16,19,23,25H,4-10,13-15H2,1-3H3. The Hall–Kier alpha value is -2.61. The van der Waals surface area contributed by atoms with Crippen molar-refractivity contribution in [2.24, 2.45) is 16.8 Å². The van der Waals surface area contributed by atoms with Crippen molar-refractivity contribution in [3.05, 3.63) is 46.7 Å². The van der Waals surface area contributed by atoms with E-state index in [1.807, 2.05) is 0 Å². The lowest BCUT2D eigenvalue weighted by atomic mass is 9.75. The number of halogens is 2. The lowest BCUT2D eigenvalue weighted by molar-refractivity contribution is -0.147. The molecule has 2 aliphatic rings.